The lowest BCUT2D eigenvalue weighted by atomic mass is 10.1. The van der Waals surface area contributed by atoms with Crippen molar-refractivity contribution in [2.45, 2.75) is 25.9 Å². The molecule has 1 atom stereocenters. The quantitative estimate of drug-likeness (QED) is 0.768. The number of rotatable bonds is 8. The van der Waals surface area contributed by atoms with E-state index in [0.29, 0.717) is 0 Å². The monoisotopic (exact) mass is 378 g/mol. The van der Waals surface area contributed by atoms with Crippen LogP contribution < -0.4 is 5.32 Å². The lowest BCUT2D eigenvalue weighted by Crippen LogP contribution is -2.35. The second kappa shape index (κ2) is 8.91. The van der Waals surface area contributed by atoms with E-state index in [1.165, 1.54) is 12.1 Å². The van der Waals surface area contributed by atoms with Crippen molar-refractivity contribution < 1.29 is 17.6 Å². The Morgan fingerprint density at radius 3 is 2.35 bits per heavy atom. The fourth-order valence-corrected chi connectivity index (χ4v) is 3.34. The minimum Gasteiger partial charge on any atom is -0.350 e. The highest BCUT2D eigenvalue weighted by molar-refractivity contribution is 7.88. The van der Waals surface area contributed by atoms with E-state index in [0.717, 1.165) is 16.1 Å². The SMILES string of the molecule is CC(NC(=O)CCN(Cc1ccccc1F)S(C)(=O)=O)c1ccccc1. The number of carbonyl (C=O) groups excluding carboxylic acids is 1. The van der Waals surface area contributed by atoms with Crippen LogP contribution in [0.3, 0.4) is 0 Å². The van der Waals surface area contributed by atoms with E-state index in [2.05, 4.69) is 5.32 Å². The second-order valence-corrected chi connectivity index (χ2v) is 8.12. The number of sulfonamides is 1. The molecule has 0 aliphatic rings. The molecule has 2 aromatic rings. The van der Waals surface area contributed by atoms with Gasteiger partial charge in [-0.1, -0.05) is 48.5 Å². The summed E-state index contributed by atoms with van der Waals surface area (Å²) in [4.78, 5) is 12.2. The van der Waals surface area contributed by atoms with Crippen LogP contribution in [-0.4, -0.2) is 31.4 Å². The molecule has 0 spiro atoms. The van der Waals surface area contributed by atoms with E-state index in [4.69, 9.17) is 0 Å². The first-order valence-electron chi connectivity index (χ1n) is 8.30. The molecular weight excluding hydrogens is 355 g/mol. The molecular formula is C19H23FN2O3S. The summed E-state index contributed by atoms with van der Waals surface area (Å²) in [6.45, 7) is 1.74. The second-order valence-electron chi connectivity index (χ2n) is 6.14. The Morgan fingerprint density at radius 1 is 1.12 bits per heavy atom. The first-order valence-corrected chi connectivity index (χ1v) is 10.1. The van der Waals surface area contributed by atoms with Crippen LogP contribution in [0.25, 0.3) is 0 Å². The Labute approximate surface area is 153 Å². The average molecular weight is 378 g/mol. The number of nitrogens with one attached hydrogen (secondary N) is 1. The van der Waals surface area contributed by atoms with Gasteiger partial charge < -0.3 is 5.32 Å². The highest BCUT2D eigenvalue weighted by Crippen LogP contribution is 2.14. The van der Waals surface area contributed by atoms with E-state index in [9.17, 15) is 17.6 Å². The molecule has 0 radical (unpaired) electrons. The summed E-state index contributed by atoms with van der Waals surface area (Å²) in [6.07, 6.45) is 1.05. The van der Waals surface area contributed by atoms with Gasteiger partial charge in [-0.3, -0.25) is 4.79 Å². The largest absolute Gasteiger partial charge is 0.350 e. The Kier molecular flexibility index (Phi) is 6.88. The van der Waals surface area contributed by atoms with Gasteiger partial charge in [-0.15, -0.1) is 0 Å². The fourth-order valence-electron chi connectivity index (χ4n) is 2.54. The first-order chi connectivity index (χ1) is 12.3. The molecule has 7 heteroatoms. The van der Waals surface area contributed by atoms with Gasteiger partial charge in [-0.25, -0.2) is 12.8 Å². The third kappa shape index (κ3) is 5.93. The number of carbonyl (C=O) groups is 1. The van der Waals surface area contributed by atoms with Crippen LogP contribution in [0.5, 0.6) is 0 Å². The van der Waals surface area contributed by atoms with Crippen LogP contribution in [0.4, 0.5) is 4.39 Å². The van der Waals surface area contributed by atoms with E-state index >= 15 is 0 Å². The molecule has 1 N–H and O–H groups in total. The van der Waals surface area contributed by atoms with Crippen molar-refractivity contribution in [2.75, 3.05) is 12.8 Å². The maximum atomic E-state index is 13.8. The fraction of sp³-hybridized carbons (Fsp3) is 0.316. The van der Waals surface area contributed by atoms with Crippen molar-refractivity contribution in [2.24, 2.45) is 0 Å². The van der Waals surface area contributed by atoms with E-state index in [1.54, 1.807) is 12.1 Å². The Bertz CT molecular complexity index is 841. The molecule has 0 saturated heterocycles. The van der Waals surface area contributed by atoms with Gasteiger partial charge in [0.15, 0.2) is 0 Å². The summed E-state index contributed by atoms with van der Waals surface area (Å²) in [5.41, 5.74) is 1.24. The molecule has 0 aliphatic heterocycles. The molecule has 2 aromatic carbocycles. The number of amides is 1. The van der Waals surface area contributed by atoms with Gasteiger partial charge in [0.25, 0.3) is 0 Å². The van der Waals surface area contributed by atoms with Gasteiger partial charge >= 0.3 is 0 Å². The number of nitrogens with zero attached hydrogens (tertiary/aromatic N) is 1. The highest BCUT2D eigenvalue weighted by Gasteiger charge is 2.20. The van der Waals surface area contributed by atoms with Crippen LogP contribution in [0.2, 0.25) is 0 Å². The molecule has 0 aliphatic carbocycles. The van der Waals surface area contributed by atoms with Gasteiger partial charge in [0.1, 0.15) is 5.82 Å². The Hall–Kier alpha value is -2.25. The van der Waals surface area contributed by atoms with Crippen molar-refractivity contribution in [3.8, 4) is 0 Å². The zero-order valence-corrected chi connectivity index (χ0v) is 15.7. The molecule has 0 fully saturated rings. The standard InChI is InChI=1S/C19H23FN2O3S/c1-15(16-8-4-3-5-9-16)21-19(23)12-13-22(26(2,24)25)14-17-10-6-7-11-18(17)20/h3-11,15H,12-14H2,1-2H3,(H,21,23). The van der Waals surface area contributed by atoms with E-state index < -0.39 is 15.8 Å². The van der Waals surface area contributed by atoms with Crippen molar-refractivity contribution in [1.29, 1.82) is 0 Å². The van der Waals surface area contributed by atoms with Crippen molar-refractivity contribution >= 4 is 15.9 Å². The highest BCUT2D eigenvalue weighted by atomic mass is 32.2. The number of halogens is 1. The molecule has 2 rings (SSSR count). The van der Waals surface area contributed by atoms with Crippen LogP contribution in [0, 0.1) is 5.82 Å². The van der Waals surface area contributed by atoms with Crippen LogP contribution in [0.15, 0.2) is 54.6 Å². The van der Waals surface area contributed by atoms with Crippen molar-refractivity contribution in [3.05, 3.63) is 71.5 Å². The summed E-state index contributed by atoms with van der Waals surface area (Å²) in [5.74, 6) is -0.730. The first kappa shape index (κ1) is 20.1. The van der Waals surface area contributed by atoms with E-state index in [-0.39, 0.29) is 37.0 Å². The van der Waals surface area contributed by atoms with Gasteiger partial charge in [0, 0.05) is 25.1 Å². The maximum absolute atomic E-state index is 13.8. The summed E-state index contributed by atoms with van der Waals surface area (Å²) in [5, 5.41) is 2.84. The third-order valence-corrected chi connectivity index (χ3v) is 5.29. The van der Waals surface area contributed by atoms with Gasteiger partial charge in [-0.2, -0.15) is 4.31 Å². The third-order valence-electron chi connectivity index (χ3n) is 4.04. The lowest BCUT2D eigenvalue weighted by molar-refractivity contribution is -0.121. The minimum atomic E-state index is -3.57. The molecule has 140 valence electrons. The van der Waals surface area contributed by atoms with Crippen molar-refractivity contribution in [3.63, 3.8) is 0 Å². The lowest BCUT2D eigenvalue weighted by Gasteiger charge is -2.21. The smallest absolute Gasteiger partial charge is 0.221 e. The topological polar surface area (TPSA) is 66.5 Å². The molecule has 0 saturated carbocycles. The summed E-state index contributed by atoms with van der Waals surface area (Å²) < 4.78 is 38.9. The molecule has 26 heavy (non-hydrogen) atoms. The zero-order chi connectivity index (χ0) is 19.2. The summed E-state index contributed by atoms with van der Waals surface area (Å²) in [6, 6.07) is 15.3. The zero-order valence-electron chi connectivity index (χ0n) is 14.9. The predicted octanol–water partition coefficient (Wildman–Crippen LogP) is 2.85. The Morgan fingerprint density at radius 2 is 1.73 bits per heavy atom. The molecule has 1 amide bonds. The van der Waals surface area contributed by atoms with Crippen LogP contribution >= 0.6 is 0 Å². The predicted molar refractivity (Wildman–Crippen MR) is 99.3 cm³/mol. The molecule has 0 bridgehead atoms. The normalized spacial score (nSPS) is 12.8. The van der Waals surface area contributed by atoms with E-state index in [1.807, 2.05) is 37.3 Å². The number of hydrogen-bond donors (Lipinski definition) is 1. The minimum absolute atomic E-state index is 0.00129. The molecule has 1 unspecified atom stereocenters. The van der Waals surface area contributed by atoms with Crippen LogP contribution in [0.1, 0.15) is 30.5 Å². The molecule has 0 aromatic heterocycles. The summed E-state index contributed by atoms with van der Waals surface area (Å²) >= 11 is 0. The molecule has 0 heterocycles. The van der Waals surface area contributed by atoms with Crippen LogP contribution in [-0.2, 0) is 21.4 Å². The van der Waals surface area contributed by atoms with Crippen molar-refractivity contribution in [1.82, 2.24) is 9.62 Å². The maximum Gasteiger partial charge on any atom is 0.221 e. The summed E-state index contributed by atoms with van der Waals surface area (Å²) in [7, 11) is -3.57. The number of benzene rings is 2. The van der Waals surface area contributed by atoms with Gasteiger partial charge in [-0.05, 0) is 18.6 Å². The Balaban J connectivity index is 1.97. The number of hydrogen-bond acceptors (Lipinski definition) is 3. The average Bonchev–Trinajstić information content (AvgIpc) is 2.59. The molecule has 5 nitrogen and oxygen atoms in total. The van der Waals surface area contributed by atoms with Gasteiger partial charge in [0.2, 0.25) is 15.9 Å². The van der Waals surface area contributed by atoms with Gasteiger partial charge in [0.05, 0.1) is 12.3 Å².